The van der Waals surface area contributed by atoms with Gasteiger partial charge in [0.05, 0.1) is 6.61 Å². The Hall–Kier alpha value is -0.300. The number of aliphatic hydroxyl groups is 1. The summed E-state index contributed by atoms with van der Waals surface area (Å²) in [5.74, 6) is 0.779. The van der Waals surface area contributed by atoms with E-state index in [9.17, 15) is 5.11 Å². The first-order valence-corrected chi connectivity index (χ1v) is 6.10. The van der Waals surface area contributed by atoms with Crippen LogP contribution in [0.2, 0.25) is 0 Å². The Bertz CT molecular complexity index is 231. The van der Waals surface area contributed by atoms with Gasteiger partial charge in [-0.3, -0.25) is 0 Å². The van der Waals surface area contributed by atoms with E-state index in [0.29, 0.717) is 6.61 Å². The van der Waals surface area contributed by atoms with E-state index in [-0.39, 0.29) is 5.41 Å². The van der Waals surface area contributed by atoms with Crippen molar-refractivity contribution in [3.05, 3.63) is 11.6 Å². The molecule has 14 heavy (non-hydrogen) atoms. The highest BCUT2D eigenvalue weighted by atomic mass is 16.3. The molecule has 0 radical (unpaired) electrons. The van der Waals surface area contributed by atoms with Crippen LogP contribution in [0.4, 0.5) is 0 Å². The molecule has 2 fully saturated rings. The molecule has 1 heteroatoms. The summed E-state index contributed by atoms with van der Waals surface area (Å²) in [7, 11) is 0. The fourth-order valence-corrected chi connectivity index (χ4v) is 3.65. The van der Waals surface area contributed by atoms with Crippen LogP contribution in [0.25, 0.3) is 0 Å². The van der Waals surface area contributed by atoms with Crippen molar-refractivity contribution in [3.8, 4) is 0 Å². The third kappa shape index (κ3) is 1.42. The Labute approximate surface area is 87.2 Å². The van der Waals surface area contributed by atoms with Crippen LogP contribution in [0, 0.1) is 11.3 Å². The number of aliphatic hydroxyl groups excluding tert-OH is 1. The molecular weight excluding hydrogens is 172 g/mol. The summed E-state index contributed by atoms with van der Waals surface area (Å²) in [4.78, 5) is 0. The lowest BCUT2D eigenvalue weighted by Crippen LogP contribution is -2.30. The molecule has 0 heterocycles. The first-order chi connectivity index (χ1) is 6.83. The van der Waals surface area contributed by atoms with Crippen LogP contribution in [0.5, 0.6) is 0 Å². The highest BCUT2D eigenvalue weighted by Gasteiger charge is 2.45. The Morgan fingerprint density at radius 3 is 2.93 bits per heavy atom. The van der Waals surface area contributed by atoms with Gasteiger partial charge in [0.1, 0.15) is 0 Å². The molecule has 1 nitrogen and oxygen atoms in total. The van der Waals surface area contributed by atoms with Crippen molar-refractivity contribution < 1.29 is 5.11 Å². The lowest BCUT2D eigenvalue weighted by molar-refractivity contribution is 0.107. The number of hydrogen-bond donors (Lipinski definition) is 1. The summed E-state index contributed by atoms with van der Waals surface area (Å²) >= 11 is 0. The standard InChI is InChI=1S/C13H22O/c1-2-11-7-8-12-6-4-3-5-9-13(11,12)10-14/h2,12,14H,3-10H2,1H3/b11-2-/t12-,13-/m0/s1. The van der Waals surface area contributed by atoms with Gasteiger partial charge < -0.3 is 5.11 Å². The highest BCUT2D eigenvalue weighted by molar-refractivity contribution is 5.21. The minimum Gasteiger partial charge on any atom is -0.395 e. The molecule has 2 saturated carbocycles. The van der Waals surface area contributed by atoms with Gasteiger partial charge in [0.15, 0.2) is 0 Å². The summed E-state index contributed by atoms with van der Waals surface area (Å²) in [6.07, 6.45) is 11.5. The molecule has 1 N–H and O–H groups in total. The van der Waals surface area contributed by atoms with E-state index in [1.807, 2.05) is 0 Å². The average Bonchev–Trinajstić information content (AvgIpc) is 2.43. The third-order valence-electron chi connectivity index (χ3n) is 4.49. The second-order valence-electron chi connectivity index (χ2n) is 4.96. The second-order valence-corrected chi connectivity index (χ2v) is 4.96. The fraction of sp³-hybridized carbons (Fsp3) is 0.846. The minimum absolute atomic E-state index is 0.200. The molecular formula is C13H22O. The van der Waals surface area contributed by atoms with Crippen LogP contribution < -0.4 is 0 Å². The summed E-state index contributed by atoms with van der Waals surface area (Å²) in [6, 6.07) is 0. The summed E-state index contributed by atoms with van der Waals surface area (Å²) in [5, 5.41) is 9.74. The van der Waals surface area contributed by atoms with Gasteiger partial charge >= 0.3 is 0 Å². The van der Waals surface area contributed by atoms with Gasteiger partial charge in [-0.1, -0.05) is 30.9 Å². The van der Waals surface area contributed by atoms with Gasteiger partial charge in [-0.25, -0.2) is 0 Å². The summed E-state index contributed by atoms with van der Waals surface area (Å²) in [6.45, 7) is 2.53. The van der Waals surface area contributed by atoms with E-state index >= 15 is 0 Å². The Kier molecular flexibility index (Phi) is 2.96. The van der Waals surface area contributed by atoms with Crippen LogP contribution >= 0.6 is 0 Å². The first kappa shape index (κ1) is 10.2. The van der Waals surface area contributed by atoms with Gasteiger partial charge in [-0.15, -0.1) is 0 Å². The van der Waals surface area contributed by atoms with Gasteiger partial charge in [-0.05, 0) is 38.5 Å². The summed E-state index contributed by atoms with van der Waals surface area (Å²) in [5.41, 5.74) is 1.75. The third-order valence-corrected chi connectivity index (χ3v) is 4.49. The normalized spacial score (nSPS) is 41.0. The molecule has 0 amide bonds. The number of rotatable bonds is 1. The van der Waals surface area contributed by atoms with Crippen molar-refractivity contribution in [1.29, 1.82) is 0 Å². The number of allylic oxidation sites excluding steroid dienone is 1. The molecule has 2 aliphatic rings. The van der Waals surface area contributed by atoms with E-state index in [2.05, 4.69) is 13.0 Å². The van der Waals surface area contributed by atoms with Crippen molar-refractivity contribution in [2.75, 3.05) is 6.61 Å². The maximum atomic E-state index is 9.74. The Morgan fingerprint density at radius 1 is 1.36 bits per heavy atom. The minimum atomic E-state index is 0.200. The molecule has 0 aromatic heterocycles. The Balaban J connectivity index is 2.28. The molecule has 0 aliphatic heterocycles. The largest absolute Gasteiger partial charge is 0.395 e. The number of fused-ring (bicyclic) bond motifs is 1. The molecule has 80 valence electrons. The monoisotopic (exact) mass is 194 g/mol. The zero-order valence-electron chi connectivity index (χ0n) is 9.26. The molecule has 0 saturated heterocycles. The SMILES string of the molecule is C/C=C1/CC[C@@H]2CCCCC[C@]12CO. The maximum absolute atomic E-state index is 9.74. The summed E-state index contributed by atoms with van der Waals surface area (Å²) < 4.78 is 0. The van der Waals surface area contributed by atoms with Crippen LogP contribution in [0.1, 0.15) is 51.9 Å². The van der Waals surface area contributed by atoms with Gasteiger partial charge in [0.2, 0.25) is 0 Å². The molecule has 0 unspecified atom stereocenters. The zero-order chi connectivity index (χ0) is 10.0. The van der Waals surface area contributed by atoms with Crippen molar-refractivity contribution >= 4 is 0 Å². The molecule has 2 atom stereocenters. The molecule has 2 rings (SSSR count). The number of hydrogen-bond acceptors (Lipinski definition) is 1. The Morgan fingerprint density at radius 2 is 2.21 bits per heavy atom. The van der Waals surface area contributed by atoms with E-state index in [4.69, 9.17) is 0 Å². The quantitative estimate of drug-likeness (QED) is 0.635. The average molecular weight is 194 g/mol. The van der Waals surface area contributed by atoms with Gasteiger partial charge in [-0.2, -0.15) is 0 Å². The van der Waals surface area contributed by atoms with E-state index in [0.717, 1.165) is 5.92 Å². The van der Waals surface area contributed by atoms with E-state index in [1.165, 1.54) is 44.9 Å². The zero-order valence-corrected chi connectivity index (χ0v) is 9.26. The predicted octanol–water partition coefficient (Wildman–Crippen LogP) is 3.29. The topological polar surface area (TPSA) is 20.2 Å². The lowest BCUT2D eigenvalue weighted by atomic mass is 9.72. The van der Waals surface area contributed by atoms with Crippen molar-refractivity contribution in [2.45, 2.75) is 51.9 Å². The van der Waals surface area contributed by atoms with Crippen molar-refractivity contribution in [1.82, 2.24) is 0 Å². The van der Waals surface area contributed by atoms with Crippen molar-refractivity contribution in [3.63, 3.8) is 0 Å². The van der Waals surface area contributed by atoms with Crippen molar-refractivity contribution in [2.24, 2.45) is 11.3 Å². The molecule has 2 aliphatic carbocycles. The van der Waals surface area contributed by atoms with Gasteiger partial charge in [0.25, 0.3) is 0 Å². The van der Waals surface area contributed by atoms with Crippen LogP contribution in [0.15, 0.2) is 11.6 Å². The van der Waals surface area contributed by atoms with Crippen LogP contribution in [-0.2, 0) is 0 Å². The van der Waals surface area contributed by atoms with Gasteiger partial charge in [0, 0.05) is 5.41 Å². The molecule has 0 bridgehead atoms. The van der Waals surface area contributed by atoms with E-state index in [1.54, 1.807) is 5.57 Å². The lowest BCUT2D eigenvalue weighted by Gasteiger charge is -2.34. The fourth-order valence-electron chi connectivity index (χ4n) is 3.65. The first-order valence-electron chi connectivity index (χ1n) is 6.10. The molecule has 0 spiro atoms. The highest BCUT2D eigenvalue weighted by Crippen LogP contribution is 2.53. The van der Waals surface area contributed by atoms with E-state index < -0.39 is 0 Å². The van der Waals surface area contributed by atoms with Crippen LogP contribution in [0.3, 0.4) is 0 Å². The molecule has 0 aromatic carbocycles. The second kappa shape index (κ2) is 4.06. The van der Waals surface area contributed by atoms with Crippen LogP contribution in [-0.4, -0.2) is 11.7 Å². The predicted molar refractivity (Wildman–Crippen MR) is 59.1 cm³/mol. The smallest absolute Gasteiger partial charge is 0.0527 e. The molecule has 0 aromatic rings. The maximum Gasteiger partial charge on any atom is 0.0527 e.